The number of fused-ring (bicyclic) bond motifs is 1. The van der Waals surface area contributed by atoms with Gasteiger partial charge in [-0.25, -0.2) is 0 Å². The van der Waals surface area contributed by atoms with E-state index in [1.54, 1.807) is 25.3 Å². The number of hydrogen-bond donors (Lipinski definition) is 1. The topological polar surface area (TPSA) is 46.5 Å². The molecule has 1 fully saturated rings. The summed E-state index contributed by atoms with van der Waals surface area (Å²) in [4.78, 5) is 12.1. The predicted molar refractivity (Wildman–Crippen MR) is 82.2 cm³/mol. The van der Waals surface area contributed by atoms with E-state index in [2.05, 4.69) is 13.8 Å². The van der Waals surface area contributed by atoms with Crippen LogP contribution in [0.1, 0.15) is 25.8 Å². The van der Waals surface area contributed by atoms with Crippen molar-refractivity contribution in [2.24, 2.45) is 17.3 Å². The van der Waals surface area contributed by atoms with Crippen LogP contribution in [0.2, 0.25) is 0 Å². The summed E-state index contributed by atoms with van der Waals surface area (Å²) < 4.78 is 5.27. The highest BCUT2D eigenvalue weighted by molar-refractivity contribution is 5.96. The average molecular weight is 284 g/mol. The molecule has 0 aromatic heterocycles. The van der Waals surface area contributed by atoms with Gasteiger partial charge in [-0.1, -0.05) is 26.0 Å². The Morgan fingerprint density at radius 1 is 1.29 bits per heavy atom. The molecule has 0 spiro atoms. The number of benzene rings is 1. The first-order valence-electron chi connectivity index (χ1n) is 7.24. The SMILES string of the molecule is COc1cc(O)ccc1C=CC1=CC(=O)[C@@H]2CC1C2(C)C. The summed E-state index contributed by atoms with van der Waals surface area (Å²) in [7, 11) is 1.58. The first-order valence-corrected chi connectivity index (χ1v) is 7.24. The third-order valence-electron chi connectivity index (χ3n) is 4.99. The van der Waals surface area contributed by atoms with Crippen molar-refractivity contribution in [2.75, 3.05) is 7.11 Å². The van der Waals surface area contributed by atoms with Gasteiger partial charge < -0.3 is 9.84 Å². The lowest BCUT2D eigenvalue weighted by Crippen LogP contribution is -2.52. The molecule has 0 radical (unpaired) electrons. The number of ether oxygens (including phenoxy) is 1. The third-order valence-corrected chi connectivity index (χ3v) is 4.99. The fourth-order valence-corrected chi connectivity index (χ4v) is 3.53. The molecule has 0 amide bonds. The minimum atomic E-state index is 0.0740. The zero-order valence-electron chi connectivity index (χ0n) is 12.6. The molecular weight excluding hydrogens is 264 g/mol. The van der Waals surface area contributed by atoms with Crippen molar-refractivity contribution in [3.05, 3.63) is 41.5 Å². The molecule has 1 aromatic rings. The highest BCUT2D eigenvalue weighted by atomic mass is 16.5. The number of allylic oxidation sites excluding steroid dienone is 3. The number of methoxy groups -OCH3 is 1. The molecule has 1 unspecified atom stereocenters. The van der Waals surface area contributed by atoms with Crippen LogP contribution in [-0.4, -0.2) is 18.0 Å². The number of carbonyl (C=O) groups is 1. The highest BCUT2D eigenvalue weighted by Crippen LogP contribution is 2.58. The Hall–Kier alpha value is -2.03. The average Bonchev–Trinajstić information content (AvgIpc) is 2.44. The lowest BCUT2D eigenvalue weighted by Gasteiger charge is -2.54. The number of carbonyl (C=O) groups excluding carboxylic acids is 1. The van der Waals surface area contributed by atoms with E-state index in [4.69, 9.17) is 4.74 Å². The molecule has 1 saturated carbocycles. The largest absolute Gasteiger partial charge is 0.508 e. The van der Waals surface area contributed by atoms with Crippen LogP contribution in [0.4, 0.5) is 0 Å². The molecule has 21 heavy (non-hydrogen) atoms. The van der Waals surface area contributed by atoms with E-state index >= 15 is 0 Å². The quantitative estimate of drug-likeness (QED) is 0.922. The Labute approximate surface area is 124 Å². The van der Waals surface area contributed by atoms with Crippen molar-refractivity contribution in [1.82, 2.24) is 0 Å². The van der Waals surface area contributed by atoms with Gasteiger partial charge in [0.25, 0.3) is 0 Å². The summed E-state index contributed by atoms with van der Waals surface area (Å²) in [6, 6.07) is 5.03. The van der Waals surface area contributed by atoms with Gasteiger partial charge in [0.05, 0.1) is 7.11 Å². The van der Waals surface area contributed by atoms with Crippen LogP contribution in [-0.2, 0) is 4.79 Å². The van der Waals surface area contributed by atoms with E-state index in [1.807, 2.05) is 18.2 Å². The van der Waals surface area contributed by atoms with E-state index in [0.717, 1.165) is 17.6 Å². The van der Waals surface area contributed by atoms with Crippen LogP contribution in [0.15, 0.2) is 35.9 Å². The van der Waals surface area contributed by atoms with Crippen LogP contribution in [0.5, 0.6) is 11.5 Å². The van der Waals surface area contributed by atoms with E-state index < -0.39 is 0 Å². The second-order valence-corrected chi connectivity index (χ2v) is 6.47. The van der Waals surface area contributed by atoms with Crippen LogP contribution >= 0.6 is 0 Å². The first-order chi connectivity index (χ1) is 9.93. The number of aromatic hydroxyl groups is 1. The predicted octanol–water partition coefficient (Wildman–Crippen LogP) is 3.59. The summed E-state index contributed by atoms with van der Waals surface area (Å²) in [5.74, 6) is 1.71. The Kier molecular flexibility index (Phi) is 3.16. The minimum Gasteiger partial charge on any atom is -0.508 e. The summed E-state index contributed by atoms with van der Waals surface area (Å²) in [5.41, 5.74) is 2.07. The molecule has 4 rings (SSSR count). The summed E-state index contributed by atoms with van der Waals surface area (Å²) in [6.07, 6.45) is 6.71. The number of phenols is 1. The van der Waals surface area contributed by atoms with Crippen LogP contribution in [0.25, 0.3) is 6.08 Å². The fourth-order valence-electron chi connectivity index (χ4n) is 3.53. The molecule has 0 heterocycles. The summed E-state index contributed by atoms with van der Waals surface area (Å²) >= 11 is 0. The lowest BCUT2D eigenvalue weighted by molar-refractivity contribution is -0.133. The Morgan fingerprint density at radius 3 is 2.67 bits per heavy atom. The number of ketones is 1. The smallest absolute Gasteiger partial charge is 0.159 e. The standard InChI is InChI=1S/C18H20O3/c1-18(2)14-10-15(18)16(20)8-12(14)5-4-11-6-7-13(19)9-17(11)21-3/h4-9,14-15,19H,10H2,1-3H3/t14?,15-/m0/s1. The molecule has 2 atom stereocenters. The molecule has 1 N–H and O–H groups in total. The van der Waals surface area contributed by atoms with Gasteiger partial charge in [-0.3, -0.25) is 4.79 Å². The number of hydrogen-bond acceptors (Lipinski definition) is 3. The molecule has 3 heteroatoms. The Morgan fingerprint density at radius 2 is 2.05 bits per heavy atom. The summed E-state index contributed by atoms with van der Waals surface area (Å²) in [6.45, 7) is 4.34. The monoisotopic (exact) mass is 284 g/mol. The van der Waals surface area contributed by atoms with Gasteiger partial charge >= 0.3 is 0 Å². The first kappa shape index (κ1) is 13.9. The van der Waals surface area contributed by atoms with Gasteiger partial charge in [-0.2, -0.15) is 0 Å². The van der Waals surface area contributed by atoms with Crippen molar-refractivity contribution in [1.29, 1.82) is 0 Å². The maximum Gasteiger partial charge on any atom is 0.159 e. The second-order valence-electron chi connectivity index (χ2n) is 6.47. The molecule has 0 saturated heterocycles. The third kappa shape index (κ3) is 2.17. The maximum atomic E-state index is 12.1. The van der Waals surface area contributed by atoms with Crippen molar-refractivity contribution in [3.63, 3.8) is 0 Å². The zero-order chi connectivity index (χ0) is 15.2. The van der Waals surface area contributed by atoms with Gasteiger partial charge in [-0.15, -0.1) is 0 Å². The fraction of sp³-hybridized carbons (Fsp3) is 0.389. The van der Waals surface area contributed by atoms with Gasteiger partial charge in [0.1, 0.15) is 11.5 Å². The zero-order valence-corrected chi connectivity index (χ0v) is 12.6. The van der Waals surface area contributed by atoms with Crippen molar-refractivity contribution >= 4 is 11.9 Å². The number of rotatable bonds is 3. The van der Waals surface area contributed by atoms with Gasteiger partial charge in [-0.05, 0) is 41.5 Å². The van der Waals surface area contributed by atoms with Crippen molar-refractivity contribution in [3.8, 4) is 11.5 Å². The normalized spacial score (nSPS) is 26.4. The molecule has 1 aromatic carbocycles. The molecule has 0 aliphatic heterocycles. The molecule has 110 valence electrons. The Balaban J connectivity index is 1.89. The van der Waals surface area contributed by atoms with Crippen molar-refractivity contribution in [2.45, 2.75) is 20.3 Å². The number of phenolic OH excluding ortho intramolecular Hbond substituents is 1. The van der Waals surface area contributed by atoms with Crippen LogP contribution in [0, 0.1) is 17.3 Å². The molecule has 3 aliphatic carbocycles. The van der Waals surface area contributed by atoms with E-state index in [0.29, 0.717) is 11.7 Å². The molecule has 3 aliphatic rings. The molecule has 3 nitrogen and oxygen atoms in total. The van der Waals surface area contributed by atoms with E-state index in [9.17, 15) is 9.90 Å². The van der Waals surface area contributed by atoms with Gasteiger partial charge in [0.2, 0.25) is 0 Å². The lowest BCUT2D eigenvalue weighted by atomic mass is 9.48. The molecule has 2 bridgehead atoms. The minimum absolute atomic E-state index is 0.0740. The highest BCUT2D eigenvalue weighted by Gasteiger charge is 2.54. The maximum absolute atomic E-state index is 12.1. The van der Waals surface area contributed by atoms with Crippen LogP contribution in [0.3, 0.4) is 0 Å². The second kappa shape index (κ2) is 4.76. The van der Waals surface area contributed by atoms with Crippen molar-refractivity contribution < 1.29 is 14.6 Å². The van der Waals surface area contributed by atoms with E-state index in [-0.39, 0.29) is 22.9 Å². The van der Waals surface area contributed by atoms with Crippen LogP contribution < -0.4 is 4.74 Å². The van der Waals surface area contributed by atoms with Gasteiger partial charge in [0, 0.05) is 17.5 Å². The van der Waals surface area contributed by atoms with E-state index in [1.165, 1.54) is 0 Å². The summed E-state index contributed by atoms with van der Waals surface area (Å²) in [5, 5.41) is 9.48. The Bertz CT molecular complexity index is 652. The van der Waals surface area contributed by atoms with Gasteiger partial charge in [0.15, 0.2) is 5.78 Å². The molecular formula is C18H20O3.